The summed E-state index contributed by atoms with van der Waals surface area (Å²) in [6, 6.07) is 0.192. The second-order valence-electron chi connectivity index (χ2n) is 7.93. The van der Waals surface area contributed by atoms with E-state index in [1.165, 1.54) is 6.42 Å². The number of allylic oxidation sites excluding steroid dienone is 1. The standard InChI is InChI=1S/C18H27BrN4O4/c1-9-11-4-10(18(11,2)3)5-12(9)23-13(6-20)16(19)17(27)22-7-14(24)21-8-15(25)26/h6,9-12,20,23H,4-5,7-8H2,1-3H3,(H,21,24)(H,22,27)(H,25,26)/b16-13-,20-6?/t9-,10-,11+,12-/m1/s1. The molecule has 0 aromatic rings. The minimum atomic E-state index is -1.16. The molecule has 2 amide bonds. The Morgan fingerprint density at radius 2 is 1.89 bits per heavy atom. The molecular weight excluding hydrogens is 416 g/mol. The van der Waals surface area contributed by atoms with Crippen LogP contribution in [0.4, 0.5) is 0 Å². The summed E-state index contributed by atoms with van der Waals surface area (Å²) in [6.45, 7) is 5.99. The van der Waals surface area contributed by atoms with Crippen LogP contribution < -0.4 is 16.0 Å². The lowest BCUT2D eigenvalue weighted by atomic mass is 9.45. The molecule has 3 fully saturated rings. The van der Waals surface area contributed by atoms with E-state index in [4.69, 9.17) is 10.5 Å². The molecule has 3 rings (SSSR count). The molecule has 0 aromatic heterocycles. The first-order valence-corrected chi connectivity index (χ1v) is 9.80. The molecule has 8 nitrogen and oxygen atoms in total. The number of carboxylic acid groups (broad SMARTS) is 1. The van der Waals surface area contributed by atoms with Crippen LogP contribution in [0.5, 0.6) is 0 Å². The smallest absolute Gasteiger partial charge is 0.322 e. The maximum absolute atomic E-state index is 12.2. The molecule has 0 spiro atoms. The van der Waals surface area contributed by atoms with Crippen LogP contribution in [0.15, 0.2) is 10.2 Å². The largest absolute Gasteiger partial charge is 0.480 e. The molecule has 150 valence electrons. The van der Waals surface area contributed by atoms with Gasteiger partial charge >= 0.3 is 5.97 Å². The van der Waals surface area contributed by atoms with E-state index >= 15 is 0 Å². The number of fused-ring (bicyclic) bond motifs is 2. The number of aliphatic carboxylic acids is 1. The zero-order valence-corrected chi connectivity index (χ0v) is 17.4. The first kappa shape index (κ1) is 21.4. The fourth-order valence-electron chi connectivity index (χ4n) is 4.31. The third-order valence-corrected chi connectivity index (χ3v) is 6.91. The van der Waals surface area contributed by atoms with Gasteiger partial charge in [0, 0.05) is 12.3 Å². The van der Waals surface area contributed by atoms with Crippen LogP contribution in [-0.4, -0.2) is 48.2 Å². The van der Waals surface area contributed by atoms with E-state index in [9.17, 15) is 14.4 Å². The van der Waals surface area contributed by atoms with Crippen LogP contribution in [0.3, 0.4) is 0 Å². The van der Waals surface area contributed by atoms with Gasteiger partial charge in [-0.15, -0.1) is 0 Å². The van der Waals surface area contributed by atoms with Crippen LogP contribution in [0, 0.1) is 28.6 Å². The van der Waals surface area contributed by atoms with Crippen LogP contribution in [0.1, 0.15) is 33.6 Å². The van der Waals surface area contributed by atoms with Crippen LogP contribution in [0.25, 0.3) is 0 Å². The fraction of sp³-hybridized carbons (Fsp3) is 0.667. The zero-order valence-electron chi connectivity index (χ0n) is 15.8. The summed E-state index contributed by atoms with van der Waals surface area (Å²) in [6.07, 6.45) is 3.33. The third-order valence-electron chi connectivity index (χ3n) is 6.12. The van der Waals surface area contributed by atoms with Crippen molar-refractivity contribution in [1.29, 1.82) is 5.41 Å². The molecule has 0 aliphatic heterocycles. The number of carbonyl (C=O) groups is 3. The summed E-state index contributed by atoms with van der Waals surface area (Å²) in [7, 11) is 0. The minimum Gasteiger partial charge on any atom is -0.480 e. The average Bonchev–Trinajstić information content (AvgIpc) is 2.62. The Morgan fingerprint density at radius 3 is 2.41 bits per heavy atom. The van der Waals surface area contributed by atoms with Gasteiger partial charge in [0.2, 0.25) is 5.91 Å². The van der Waals surface area contributed by atoms with Crippen LogP contribution in [-0.2, 0) is 14.4 Å². The number of halogens is 1. The van der Waals surface area contributed by atoms with Gasteiger partial charge < -0.3 is 26.5 Å². The summed E-state index contributed by atoms with van der Waals surface area (Å²) in [5.74, 6) is -0.585. The summed E-state index contributed by atoms with van der Waals surface area (Å²) in [5, 5.41) is 24.0. The van der Waals surface area contributed by atoms with Gasteiger partial charge in [0.05, 0.1) is 12.2 Å². The number of hydrogen-bond acceptors (Lipinski definition) is 5. The molecule has 9 heteroatoms. The molecule has 0 saturated heterocycles. The summed E-state index contributed by atoms with van der Waals surface area (Å²) >= 11 is 3.21. The average molecular weight is 443 g/mol. The number of rotatable bonds is 8. The highest BCUT2D eigenvalue weighted by Crippen LogP contribution is 2.61. The van der Waals surface area contributed by atoms with Gasteiger partial charge in [-0.3, -0.25) is 14.4 Å². The topological polar surface area (TPSA) is 131 Å². The number of nitrogens with one attached hydrogen (secondary N) is 4. The predicted octanol–water partition coefficient (Wildman–Crippen LogP) is 1.22. The van der Waals surface area contributed by atoms with Crippen molar-refractivity contribution in [1.82, 2.24) is 16.0 Å². The predicted molar refractivity (Wildman–Crippen MR) is 104 cm³/mol. The van der Waals surface area contributed by atoms with Crippen LogP contribution in [0.2, 0.25) is 0 Å². The molecule has 2 bridgehead atoms. The first-order chi connectivity index (χ1) is 12.6. The van der Waals surface area contributed by atoms with Crippen molar-refractivity contribution in [2.45, 2.75) is 39.7 Å². The lowest BCUT2D eigenvalue weighted by Crippen LogP contribution is -2.59. The van der Waals surface area contributed by atoms with E-state index in [2.05, 4.69) is 52.7 Å². The van der Waals surface area contributed by atoms with Crippen molar-refractivity contribution in [3.05, 3.63) is 10.2 Å². The normalized spacial score (nSPS) is 28.9. The van der Waals surface area contributed by atoms with E-state index in [-0.39, 0.29) is 17.1 Å². The zero-order chi connectivity index (χ0) is 20.4. The lowest BCUT2D eigenvalue weighted by molar-refractivity contribution is -0.137. The highest BCUT2D eigenvalue weighted by Gasteiger charge is 2.56. The molecule has 0 heterocycles. The third kappa shape index (κ3) is 4.69. The maximum atomic E-state index is 12.2. The van der Waals surface area contributed by atoms with E-state index in [0.29, 0.717) is 28.9 Å². The number of carboxylic acids is 1. The number of carbonyl (C=O) groups excluding carboxylic acids is 2. The van der Waals surface area contributed by atoms with Gasteiger partial charge in [-0.05, 0) is 51.9 Å². The van der Waals surface area contributed by atoms with Crippen molar-refractivity contribution < 1.29 is 19.5 Å². The molecule has 5 N–H and O–H groups in total. The summed E-state index contributed by atoms with van der Waals surface area (Å²) in [4.78, 5) is 34.1. The van der Waals surface area contributed by atoms with E-state index in [0.717, 1.165) is 12.6 Å². The molecule has 4 atom stereocenters. The highest BCUT2D eigenvalue weighted by molar-refractivity contribution is 9.12. The fourth-order valence-corrected chi connectivity index (χ4v) is 4.67. The molecule has 0 unspecified atom stereocenters. The van der Waals surface area contributed by atoms with Crippen molar-refractivity contribution in [2.75, 3.05) is 13.1 Å². The maximum Gasteiger partial charge on any atom is 0.322 e. The minimum absolute atomic E-state index is 0.147. The highest BCUT2D eigenvalue weighted by atomic mass is 79.9. The Morgan fingerprint density at radius 1 is 1.22 bits per heavy atom. The Labute approximate surface area is 167 Å². The van der Waals surface area contributed by atoms with Crippen molar-refractivity contribution in [3.8, 4) is 0 Å². The number of amides is 2. The molecule has 0 radical (unpaired) electrons. The van der Waals surface area contributed by atoms with Gasteiger partial charge in [0.15, 0.2) is 0 Å². The lowest BCUT2D eigenvalue weighted by Gasteiger charge is -2.62. The SMILES string of the molecule is C[C@H]1[C@H](N/C(C=N)=C(\Br)C(=O)NCC(=O)NCC(=O)O)C[C@H]2C[C@@H]1C2(C)C. The van der Waals surface area contributed by atoms with E-state index in [1.807, 2.05) is 0 Å². The Hall–Kier alpha value is -1.90. The van der Waals surface area contributed by atoms with Crippen molar-refractivity contribution in [2.24, 2.45) is 23.2 Å². The van der Waals surface area contributed by atoms with Crippen molar-refractivity contribution >= 4 is 39.9 Å². The molecule has 3 aliphatic carbocycles. The summed E-state index contributed by atoms with van der Waals surface area (Å²) < 4.78 is 0.147. The molecule has 0 aromatic carbocycles. The Kier molecular flexibility index (Phi) is 6.67. The second kappa shape index (κ2) is 8.41. The molecule has 27 heavy (non-hydrogen) atoms. The summed E-state index contributed by atoms with van der Waals surface area (Å²) in [5.41, 5.74) is 0.721. The monoisotopic (exact) mass is 442 g/mol. The van der Waals surface area contributed by atoms with Crippen molar-refractivity contribution in [3.63, 3.8) is 0 Å². The molecule has 3 aliphatic rings. The van der Waals surface area contributed by atoms with E-state index < -0.39 is 24.3 Å². The van der Waals surface area contributed by atoms with Gasteiger partial charge in [0.1, 0.15) is 11.0 Å². The number of hydrogen-bond donors (Lipinski definition) is 5. The van der Waals surface area contributed by atoms with E-state index in [1.54, 1.807) is 0 Å². The molecular formula is C18H27BrN4O4. The first-order valence-electron chi connectivity index (χ1n) is 9.01. The Bertz CT molecular complexity index is 676. The second-order valence-corrected chi connectivity index (χ2v) is 8.72. The van der Waals surface area contributed by atoms with Crippen LogP contribution >= 0.6 is 15.9 Å². The Balaban J connectivity index is 1.93. The van der Waals surface area contributed by atoms with Gasteiger partial charge in [-0.2, -0.15) is 0 Å². The van der Waals surface area contributed by atoms with Gasteiger partial charge in [-0.1, -0.05) is 20.8 Å². The molecule has 3 saturated carbocycles. The van der Waals surface area contributed by atoms with Gasteiger partial charge in [0.25, 0.3) is 5.91 Å². The quantitative estimate of drug-likeness (QED) is 0.284. The van der Waals surface area contributed by atoms with Gasteiger partial charge in [-0.25, -0.2) is 0 Å².